The molecule has 0 saturated carbocycles. The first-order valence-electron chi connectivity index (χ1n) is 5.47. The SMILES string of the molecule is CC(=O)SC1CC(=O)N(Cc2cnn(C)c2)C1. The van der Waals surface area contributed by atoms with Gasteiger partial charge in [0, 0.05) is 50.5 Å². The minimum absolute atomic E-state index is 0.0750. The van der Waals surface area contributed by atoms with Gasteiger partial charge in [0.25, 0.3) is 0 Å². The van der Waals surface area contributed by atoms with Crippen molar-refractivity contribution in [3.8, 4) is 0 Å². The standard InChI is InChI=1S/C11H15N3O2S/c1-8(15)17-10-3-11(16)14(7-10)6-9-4-12-13(2)5-9/h4-5,10H,3,6-7H2,1-2H3. The summed E-state index contributed by atoms with van der Waals surface area (Å²) in [6, 6.07) is 0. The maximum Gasteiger partial charge on any atom is 0.224 e. The first-order valence-corrected chi connectivity index (χ1v) is 6.35. The number of carbonyl (C=O) groups excluding carboxylic acids is 2. The van der Waals surface area contributed by atoms with Crippen LogP contribution in [0.1, 0.15) is 18.9 Å². The average molecular weight is 253 g/mol. The number of aryl methyl sites for hydroxylation is 1. The van der Waals surface area contributed by atoms with E-state index in [1.807, 2.05) is 13.2 Å². The van der Waals surface area contributed by atoms with E-state index in [-0.39, 0.29) is 16.3 Å². The fourth-order valence-electron chi connectivity index (χ4n) is 1.98. The summed E-state index contributed by atoms with van der Waals surface area (Å²) in [7, 11) is 1.85. The van der Waals surface area contributed by atoms with E-state index in [0.717, 1.165) is 5.56 Å². The van der Waals surface area contributed by atoms with Crippen LogP contribution in [0, 0.1) is 0 Å². The van der Waals surface area contributed by atoms with Gasteiger partial charge in [-0.25, -0.2) is 0 Å². The van der Waals surface area contributed by atoms with Crippen molar-refractivity contribution in [3.63, 3.8) is 0 Å². The second-order valence-electron chi connectivity index (χ2n) is 4.23. The van der Waals surface area contributed by atoms with E-state index in [0.29, 0.717) is 19.5 Å². The Balaban J connectivity index is 1.94. The molecular formula is C11H15N3O2S. The normalized spacial score (nSPS) is 20.0. The Kier molecular flexibility index (Phi) is 3.51. The van der Waals surface area contributed by atoms with E-state index in [9.17, 15) is 9.59 Å². The van der Waals surface area contributed by atoms with E-state index in [4.69, 9.17) is 0 Å². The monoisotopic (exact) mass is 253 g/mol. The molecule has 0 radical (unpaired) electrons. The van der Waals surface area contributed by atoms with Crippen molar-refractivity contribution < 1.29 is 9.59 Å². The van der Waals surface area contributed by atoms with Gasteiger partial charge in [-0.05, 0) is 0 Å². The van der Waals surface area contributed by atoms with E-state index >= 15 is 0 Å². The van der Waals surface area contributed by atoms with Crippen LogP contribution in [0.15, 0.2) is 12.4 Å². The van der Waals surface area contributed by atoms with Crippen molar-refractivity contribution in [1.82, 2.24) is 14.7 Å². The summed E-state index contributed by atoms with van der Waals surface area (Å²) in [6.45, 7) is 2.78. The molecule has 0 bridgehead atoms. The molecule has 1 unspecified atom stereocenters. The van der Waals surface area contributed by atoms with Crippen LogP contribution in [0.25, 0.3) is 0 Å². The number of aromatic nitrogens is 2. The van der Waals surface area contributed by atoms with Crippen LogP contribution in [0.5, 0.6) is 0 Å². The first kappa shape index (κ1) is 12.2. The zero-order valence-electron chi connectivity index (χ0n) is 9.92. The molecule has 1 fully saturated rings. The number of hydrogen-bond donors (Lipinski definition) is 0. The summed E-state index contributed by atoms with van der Waals surface area (Å²) in [5.74, 6) is 0.118. The van der Waals surface area contributed by atoms with Crippen LogP contribution in [0.2, 0.25) is 0 Å². The van der Waals surface area contributed by atoms with Gasteiger partial charge < -0.3 is 4.90 Å². The molecule has 0 N–H and O–H groups in total. The van der Waals surface area contributed by atoms with Gasteiger partial charge in [0.1, 0.15) is 0 Å². The Labute approximate surface area is 104 Å². The maximum absolute atomic E-state index is 11.8. The zero-order valence-corrected chi connectivity index (χ0v) is 10.7. The number of likely N-dealkylation sites (tertiary alicyclic amines) is 1. The smallest absolute Gasteiger partial charge is 0.224 e. The van der Waals surface area contributed by atoms with Gasteiger partial charge in [0.05, 0.1) is 6.20 Å². The van der Waals surface area contributed by atoms with Crippen molar-refractivity contribution in [2.45, 2.75) is 25.1 Å². The van der Waals surface area contributed by atoms with E-state index in [1.54, 1.807) is 22.7 Å². The van der Waals surface area contributed by atoms with Gasteiger partial charge >= 0.3 is 0 Å². The van der Waals surface area contributed by atoms with Crippen molar-refractivity contribution in [2.75, 3.05) is 6.54 Å². The molecule has 1 aromatic rings. The molecule has 1 aliphatic heterocycles. The molecule has 1 aliphatic rings. The lowest BCUT2D eigenvalue weighted by Crippen LogP contribution is -2.24. The third-order valence-corrected chi connectivity index (χ3v) is 3.62. The summed E-state index contributed by atoms with van der Waals surface area (Å²) < 4.78 is 1.72. The maximum atomic E-state index is 11.8. The minimum atomic E-state index is 0.0750. The number of hydrogen-bond acceptors (Lipinski definition) is 4. The molecule has 6 heteroatoms. The highest BCUT2D eigenvalue weighted by Crippen LogP contribution is 2.25. The Morgan fingerprint density at radius 1 is 1.65 bits per heavy atom. The third-order valence-electron chi connectivity index (χ3n) is 2.64. The number of rotatable bonds is 3. The van der Waals surface area contributed by atoms with Gasteiger partial charge in [0.15, 0.2) is 5.12 Å². The largest absolute Gasteiger partial charge is 0.337 e. The Bertz CT molecular complexity index is 444. The van der Waals surface area contributed by atoms with Gasteiger partial charge in [-0.15, -0.1) is 0 Å². The highest BCUT2D eigenvalue weighted by molar-refractivity contribution is 8.14. The minimum Gasteiger partial charge on any atom is -0.337 e. The topological polar surface area (TPSA) is 55.2 Å². The van der Waals surface area contributed by atoms with Crippen molar-refractivity contribution in [1.29, 1.82) is 0 Å². The summed E-state index contributed by atoms with van der Waals surface area (Å²) >= 11 is 1.26. The molecule has 0 aromatic carbocycles. The summed E-state index contributed by atoms with van der Waals surface area (Å²) in [6.07, 6.45) is 4.13. The van der Waals surface area contributed by atoms with Crippen LogP contribution in [0.3, 0.4) is 0 Å². The van der Waals surface area contributed by atoms with Crippen molar-refractivity contribution in [3.05, 3.63) is 18.0 Å². The average Bonchev–Trinajstić information content (AvgIpc) is 2.74. The molecule has 0 aliphatic carbocycles. The molecule has 1 atom stereocenters. The molecule has 2 rings (SSSR count). The molecule has 1 saturated heterocycles. The molecular weight excluding hydrogens is 238 g/mol. The van der Waals surface area contributed by atoms with Gasteiger partial charge in [-0.3, -0.25) is 14.3 Å². The fraction of sp³-hybridized carbons (Fsp3) is 0.545. The van der Waals surface area contributed by atoms with Crippen molar-refractivity contribution >= 4 is 22.8 Å². The third kappa shape index (κ3) is 3.09. The van der Waals surface area contributed by atoms with Crippen LogP contribution in [0.4, 0.5) is 0 Å². The number of carbonyl (C=O) groups is 2. The first-order chi connectivity index (χ1) is 8.04. The fourth-order valence-corrected chi connectivity index (χ4v) is 2.93. The molecule has 1 amide bonds. The number of thioether (sulfide) groups is 1. The summed E-state index contributed by atoms with van der Waals surface area (Å²) in [5, 5.41) is 4.25. The molecule has 0 spiro atoms. The van der Waals surface area contributed by atoms with Gasteiger partial charge in [-0.2, -0.15) is 5.10 Å². The van der Waals surface area contributed by atoms with Crippen LogP contribution < -0.4 is 0 Å². The van der Waals surface area contributed by atoms with E-state index < -0.39 is 0 Å². The molecule has 5 nitrogen and oxygen atoms in total. The predicted molar refractivity (Wildman–Crippen MR) is 65.3 cm³/mol. The second-order valence-corrected chi connectivity index (χ2v) is 5.71. The molecule has 2 heterocycles. The lowest BCUT2D eigenvalue weighted by atomic mass is 10.3. The summed E-state index contributed by atoms with van der Waals surface area (Å²) in [5.41, 5.74) is 1.02. The number of amides is 1. The van der Waals surface area contributed by atoms with E-state index in [1.165, 1.54) is 11.8 Å². The van der Waals surface area contributed by atoms with Crippen LogP contribution >= 0.6 is 11.8 Å². The van der Waals surface area contributed by atoms with Crippen LogP contribution in [-0.2, 0) is 23.2 Å². The van der Waals surface area contributed by atoms with Crippen LogP contribution in [-0.4, -0.2) is 37.5 Å². The highest BCUT2D eigenvalue weighted by Gasteiger charge is 2.30. The lowest BCUT2D eigenvalue weighted by Gasteiger charge is -2.14. The lowest BCUT2D eigenvalue weighted by molar-refractivity contribution is -0.128. The molecule has 17 heavy (non-hydrogen) atoms. The second kappa shape index (κ2) is 4.91. The summed E-state index contributed by atoms with van der Waals surface area (Å²) in [4.78, 5) is 24.5. The van der Waals surface area contributed by atoms with Crippen molar-refractivity contribution in [2.24, 2.45) is 7.05 Å². The Morgan fingerprint density at radius 2 is 2.41 bits per heavy atom. The van der Waals surface area contributed by atoms with E-state index in [2.05, 4.69) is 5.10 Å². The zero-order chi connectivity index (χ0) is 12.4. The van der Waals surface area contributed by atoms with Gasteiger partial charge in [0.2, 0.25) is 5.91 Å². The molecule has 92 valence electrons. The quantitative estimate of drug-likeness (QED) is 0.799. The highest BCUT2D eigenvalue weighted by atomic mass is 32.2. The van der Waals surface area contributed by atoms with Gasteiger partial charge in [-0.1, -0.05) is 11.8 Å². The Hall–Kier alpha value is -1.30. The number of nitrogens with zero attached hydrogens (tertiary/aromatic N) is 3. The molecule has 1 aromatic heterocycles. The Morgan fingerprint density at radius 3 is 3.00 bits per heavy atom. The predicted octanol–water partition coefficient (Wildman–Crippen LogP) is 0.801.